The molecule has 4 heteroatoms. The van der Waals surface area contributed by atoms with E-state index in [4.69, 9.17) is 19.9 Å². The average molecular weight is 209 g/mol. The van der Waals surface area contributed by atoms with Crippen LogP contribution in [0, 0.1) is 0 Å². The van der Waals surface area contributed by atoms with E-state index in [9.17, 15) is 0 Å². The molecule has 2 N–H and O–H groups in total. The maximum Gasteiger partial charge on any atom is 0.167 e. The van der Waals surface area contributed by atoms with Crippen LogP contribution >= 0.6 is 0 Å². The van der Waals surface area contributed by atoms with Crippen molar-refractivity contribution in [1.29, 1.82) is 0 Å². The van der Waals surface area contributed by atoms with Gasteiger partial charge in [-0.05, 0) is 11.6 Å². The van der Waals surface area contributed by atoms with Gasteiger partial charge in [0.1, 0.15) is 13.2 Å². The highest BCUT2D eigenvalue weighted by Crippen LogP contribution is 2.36. The molecular weight excluding hydrogens is 194 g/mol. The molecule has 4 nitrogen and oxygen atoms in total. The summed E-state index contributed by atoms with van der Waals surface area (Å²) in [6, 6.07) is 3.86. The Balaban J connectivity index is 2.44. The maximum atomic E-state index is 5.66. The Morgan fingerprint density at radius 1 is 1.33 bits per heavy atom. The van der Waals surface area contributed by atoms with Crippen LogP contribution in [0.5, 0.6) is 11.5 Å². The van der Waals surface area contributed by atoms with Gasteiger partial charge in [-0.25, -0.2) is 0 Å². The summed E-state index contributed by atoms with van der Waals surface area (Å²) in [4.78, 5) is 0. The van der Waals surface area contributed by atoms with Gasteiger partial charge in [0, 0.05) is 19.2 Å². The quantitative estimate of drug-likeness (QED) is 0.808. The lowest BCUT2D eigenvalue weighted by molar-refractivity contribution is 0.152. The van der Waals surface area contributed by atoms with Gasteiger partial charge in [0.05, 0.1) is 6.61 Å². The minimum absolute atomic E-state index is 0.481. The molecule has 1 aromatic rings. The topological polar surface area (TPSA) is 53.7 Å². The van der Waals surface area contributed by atoms with E-state index >= 15 is 0 Å². The van der Waals surface area contributed by atoms with E-state index in [1.54, 1.807) is 7.11 Å². The van der Waals surface area contributed by atoms with E-state index in [-0.39, 0.29) is 0 Å². The van der Waals surface area contributed by atoms with Crippen LogP contribution in [-0.2, 0) is 17.9 Å². The largest absolute Gasteiger partial charge is 0.486 e. The summed E-state index contributed by atoms with van der Waals surface area (Å²) in [7, 11) is 1.66. The summed E-state index contributed by atoms with van der Waals surface area (Å²) in [5.41, 5.74) is 7.70. The van der Waals surface area contributed by atoms with Gasteiger partial charge in [0.15, 0.2) is 11.5 Å². The molecule has 1 aromatic carbocycles. The van der Waals surface area contributed by atoms with Gasteiger partial charge in [-0.15, -0.1) is 0 Å². The average Bonchev–Trinajstić information content (AvgIpc) is 2.30. The highest BCUT2D eigenvalue weighted by molar-refractivity contribution is 5.51. The molecule has 2 rings (SSSR count). The number of hydrogen-bond donors (Lipinski definition) is 1. The highest BCUT2D eigenvalue weighted by Gasteiger charge is 2.18. The Morgan fingerprint density at radius 3 is 2.87 bits per heavy atom. The zero-order chi connectivity index (χ0) is 10.7. The van der Waals surface area contributed by atoms with Gasteiger partial charge in [-0.3, -0.25) is 0 Å². The molecule has 82 valence electrons. The number of nitrogens with two attached hydrogens (primary N) is 1. The Hall–Kier alpha value is -1.26. The molecule has 0 bridgehead atoms. The monoisotopic (exact) mass is 209 g/mol. The minimum atomic E-state index is 0.481. The summed E-state index contributed by atoms with van der Waals surface area (Å²) in [5.74, 6) is 1.57. The van der Waals surface area contributed by atoms with Gasteiger partial charge in [-0.1, -0.05) is 6.07 Å². The molecule has 0 atom stereocenters. The third-order valence-corrected chi connectivity index (χ3v) is 2.42. The van der Waals surface area contributed by atoms with Gasteiger partial charge in [-0.2, -0.15) is 0 Å². The molecule has 1 heterocycles. The van der Waals surface area contributed by atoms with Crippen molar-refractivity contribution in [1.82, 2.24) is 0 Å². The van der Waals surface area contributed by atoms with Gasteiger partial charge in [0.25, 0.3) is 0 Å². The Kier molecular flexibility index (Phi) is 3.08. The van der Waals surface area contributed by atoms with Gasteiger partial charge < -0.3 is 19.9 Å². The Labute approximate surface area is 88.9 Å². The standard InChI is InChI=1S/C11H15NO3/c1-13-7-9-8(6-12)2-3-10-11(9)15-5-4-14-10/h2-3H,4-7,12H2,1H3. The fourth-order valence-corrected chi connectivity index (χ4v) is 1.71. The Morgan fingerprint density at radius 2 is 2.13 bits per heavy atom. The highest BCUT2D eigenvalue weighted by atomic mass is 16.6. The van der Waals surface area contributed by atoms with E-state index in [2.05, 4.69) is 0 Å². The zero-order valence-electron chi connectivity index (χ0n) is 8.79. The van der Waals surface area contributed by atoms with Crippen LogP contribution in [0.2, 0.25) is 0 Å². The Bertz CT molecular complexity index is 352. The molecule has 0 amide bonds. The summed E-state index contributed by atoms with van der Waals surface area (Å²) < 4.78 is 16.2. The van der Waals surface area contributed by atoms with Crippen molar-refractivity contribution < 1.29 is 14.2 Å². The second-order valence-corrected chi connectivity index (χ2v) is 3.36. The van der Waals surface area contributed by atoms with Gasteiger partial charge >= 0.3 is 0 Å². The molecule has 0 radical (unpaired) electrons. The molecule has 0 fully saturated rings. The first-order chi connectivity index (χ1) is 7.36. The van der Waals surface area contributed by atoms with Crippen molar-refractivity contribution in [3.05, 3.63) is 23.3 Å². The fraction of sp³-hybridized carbons (Fsp3) is 0.455. The lowest BCUT2D eigenvalue weighted by Gasteiger charge is -2.22. The summed E-state index contributed by atoms with van der Waals surface area (Å²) in [5, 5.41) is 0. The molecule has 1 aliphatic rings. The summed E-state index contributed by atoms with van der Waals surface area (Å²) in [6.45, 7) is 2.16. The third-order valence-electron chi connectivity index (χ3n) is 2.42. The second-order valence-electron chi connectivity index (χ2n) is 3.36. The molecule has 0 spiro atoms. The first-order valence-corrected chi connectivity index (χ1v) is 4.96. The number of rotatable bonds is 3. The molecule has 0 aromatic heterocycles. The minimum Gasteiger partial charge on any atom is -0.486 e. The van der Waals surface area contributed by atoms with Crippen LogP contribution in [0.4, 0.5) is 0 Å². The van der Waals surface area contributed by atoms with E-state index in [0.29, 0.717) is 26.4 Å². The third kappa shape index (κ3) is 1.91. The first kappa shape index (κ1) is 10.3. The molecule has 0 saturated carbocycles. The van der Waals surface area contributed by atoms with Crippen LogP contribution in [0.15, 0.2) is 12.1 Å². The van der Waals surface area contributed by atoms with E-state index < -0.39 is 0 Å². The number of ether oxygens (including phenoxy) is 3. The van der Waals surface area contributed by atoms with Crippen LogP contribution in [0.3, 0.4) is 0 Å². The van der Waals surface area contributed by atoms with Gasteiger partial charge in [0.2, 0.25) is 0 Å². The molecule has 0 aliphatic carbocycles. The van der Waals surface area contributed by atoms with Crippen molar-refractivity contribution in [3.63, 3.8) is 0 Å². The summed E-state index contributed by atoms with van der Waals surface area (Å²) in [6.07, 6.45) is 0. The maximum absolute atomic E-state index is 5.66. The molecule has 1 aliphatic heterocycles. The zero-order valence-corrected chi connectivity index (χ0v) is 8.79. The SMILES string of the molecule is COCc1c(CN)ccc2c1OCCO2. The second kappa shape index (κ2) is 4.51. The smallest absolute Gasteiger partial charge is 0.167 e. The number of benzene rings is 1. The lowest BCUT2D eigenvalue weighted by Crippen LogP contribution is -2.18. The van der Waals surface area contributed by atoms with Crippen LogP contribution in [-0.4, -0.2) is 20.3 Å². The first-order valence-electron chi connectivity index (χ1n) is 4.96. The van der Waals surface area contributed by atoms with Crippen molar-refractivity contribution >= 4 is 0 Å². The number of hydrogen-bond acceptors (Lipinski definition) is 4. The lowest BCUT2D eigenvalue weighted by atomic mass is 10.1. The summed E-state index contributed by atoms with van der Waals surface area (Å²) >= 11 is 0. The van der Waals surface area contributed by atoms with E-state index in [0.717, 1.165) is 22.6 Å². The fourth-order valence-electron chi connectivity index (χ4n) is 1.71. The van der Waals surface area contributed by atoms with Crippen molar-refractivity contribution in [2.45, 2.75) is 13.2 Å². The molecule has 0 unspecified atom stereocenters. The predicted octanol–water partition coefficient (Wildman–Crippen LogP) is 1.06. The van der Waals surface area contributed by atoms with Crippen LogP contribution < -0.4 is 15.2 Å². The van der Waals surface area contributed by atoms with Crippen molar-refractivity contribution in [3.8, 4) is 11.5 Å². The predicted molar refractivity (Wildman–Crippen MR) is 56.0 cm³/mol. The number of methoxy groups -OCH3 is 1. The molecular formula is C11H15NO3. The van der Waals surface area contributed by atoms with E-state index in [1.807, 2.05) is 12.1 Å². The normalized spacial score (nSPS) is 14.0. The van der Waals surface area contributed by atoms with Crippen molar-refractivity contribution in [2.75, 3.05) is 20.3 Å². The molecule has 0 saturated heterocycles. The molecule has 15 heavy (non-hydrogen) atoms. The van der Waals surface area contributed by atoms with Crippen molar-refractivity contribution in [2.24, 2.45) is 5.73 Å². The van der Waals surface area contributed by atoms with E-state index in [1.165, 1.54) is 0 Å². The van der Waals surface area contributed by atoms with Crippen LogP contribution in [0.1, 0.15) is 11.1 Å². The van der Waals surface area contributed by atoms with Crippen LogP contribution in [0.25, 0.3) is 0 Å². The number of fused-ring (bicyclic) bond motifs is 1.